The van der Waals surface area contributed by atoms with Gasteiger partial charge in [-0.3, -0.25) is 9.59 Å². The third-order valence-corrected chi connectivity index (χ3v) is 7.14. The van der Waals surface area contributed by atoms with Crippen LogP contribution in [0.5, 0.6) is 5.75 Å². The number of ether oxygens (including phenoxy) is 2. The third kappa shape index (κ3) is 3.71. The molecule has 4 rings (SSSR count). The molecule has 1 aromatic rings. The number of sulfonamides is 1. The Morgan fingerprint density at radius 2 is 1.96 bits per heavy atom. The van der Waals surface area contributed by atoms with Crippen molar-refractivity contribution >= 4 is 27.5 Å². The number of nitrogens with one attached hydrogen (secondary N) is 1. The summed E-state index contributed by atoms with van der Waals surface area (Å²) in [6.07, 6.45) is 1.31. The number of rotatable bonds is 3. The average Bonchev–Trinajstić information content (AvgIpc) is 2.73. The van der Waals surface area contributed by atoms with E-state index in [2.05, 4.69) is 5.32 Å². The molecular formula is C18H23N3O6S. The van der Waals surface area contributed by atoms with Crippen molar-refractivity contribution in [1.82, 2.24) is 9.21 Å². The fourth-order valence-corrected chi connectivity index (χ4v) is 5.33. The number of fused-ring (bicyclic) bond motifs is 1. The lowest BCUT2D eigenvalue weighted by atomic mass is 9.98. The molecule has 3 aliphatic heterocycles. The molecule has 28 heavy (non-hydrogen) atoms. The molecule has 10 heteroatoms. The number of amides is 2. The lowest BCUT2D eigenvalue weighted by molar-refractivity contribution is -0.140. The van der Waals surface area contributed by atoms with Crippen molar-refractivity contribution in [3.8, 4) is 5.75 Å². The van der Waals surface area contributed by atoms with Crippen LogP contribution in [-0.4, -0.2) is 75.4 Å². The van der Waals surface area contributed by atoms with Crippen LogP contribution < -0.4 is 10.1 Å². The van der Waals surface area contributed by atoms with Crippen LogP contribution >= 0.6 is 0 Å². The summed E-state index contributed by atoms with van der Waals surface area (Å²) in [7, 11) is -3.78. The van der Waals surface area contributed by atoms with E-state index in [0.29, 0.717) is 57.1 Å². The van der Waals surface area contributed by atoms with Crippen LogP contribution in [0.4, 0.5) is 5.69 Å². The fraction of sp³-hybridized carbons (Fsp3) is 0.556. The van der Waals surface area contributed by atoms with Crippen LogP contribution in [-0.2, 0) is 24.3 Å². The number of hydrogen-bond donors (Lipinski definition) is 1. The molecule has 0 bridgehead atoms. The molecule has 3 aliphatic rings. The summed E-state index contributed by atoms with van der Waals surface area (Å²) in [5, 5.41) is 2.63. The Bertz CT molecular complexity index is 881. The van der Waals surface area contributed by atoms with Crippen LogP contribution in [0.3, 0.4) is 0 Å². The molecule has 1 aromatic carbocycles. The third-order valence-electron chi connectivity index (χ3n) is 5.28. The Morgan fingerprint density at radius 1 is 1.18 bits per heavy atom. The highest BCUT2D eigenvalue weighted by atomic mass is 32.2. The van der Waals surface area contributed by atoms with Gasteiger partial charge in [-0.05, 0) is 31.0 Å². The number of carbonyl (C=O) groups is 2. The molecular weight excluding hydrogens is 386 g/mol. The Kier molecular flexibility index (Phi) is 5.26. The molecule has 1 N–H and O–H groups in total. The van der Waals surface area contributed by atoms with Gasteiger partial charge in [0.25, 0.3) is 5.91 Å². The van der Waals surface area contributed by atoms with Gasteiger partial charge >= 0.3 is 0 Å². The second-order valence-electron chi connectivity index (χ2n) is 7.13. The summed E-state index contributed by atoms with van der Waals surface area (Å²) >= 11 is 0. The average molecular weight is 409 g/mol. The number of hydrogen-bond acceptors (Lipinski definition) is 6. The molecule has 1 atom stereocenters. The maximum atomic E-state index is 13.1. The van der Waals surface area contributed by atoms with Crippen molar-refractivity contribution in [1.29, 1.82) is 0 Å². The number of benzene rings is 1. The van der Waals surface area contributed by atoms with Crippen molar-refractivity contribution < 1.29 is 27.5 Å². The quantitative estimate of drug-likeness (QED) is 0.769. The minimum absolute atomic E-state index is 0.00527. The maximum Gasteiger partial charge on any atom is 0.262 e. The molecule has 2 amide bonds. The topological polar surface area (TPSA) is 105 Å². The van der Waals surface area contributed by atoms with Crippen molar-refractivity contribution in [2.75, 3.05) is 51.3 Å². The van der Waals surface area contributed by atoms with Crippen LogP contribution in [0.2, 0.25) is 0 Å². The minimum atomic E-state index is -3.78. The number of carbonyl (C=O) groups excluding carboxylic acids is 2. The molecule has 152 valence electrons. The standard InChI is InChI=1S/C18H23N3O6S/c22-17-12-27-16-4-3-14(10-15(16)19-17)28(24,25)21-5-1-2-13(11-21)18(23)20-6-8-26-9-7-20/h3-4,10,13H,1-2,5-9,11-12H2,(H,19,22). The van der Waals surface area contributed by atoms with Gasteiger partial charge in [-0.2, -0.15) is 4.31 Å². The van der Waals surface area contributed by atoms with E-state index < -0.39 is 10.0 Å². The largest absolute Gasteiger partial charge is 0.482 e. The molecule has 0 aliphatic carbocycles. The van der Waals surface area contributed by atoms with Gasteiger partial charge < -0.3 is 19.7 Å². The lowest BCUT2D eigenvalue weighted by Crippen LogP contribution is -2.49. The van der Waals surface area contributed by atoms with Gasteiger partial charge in [0.1, 0.15) is 5.75 Å². The zero-order chi connectivity index (χ0) is 19.7. The SMILES string of the molecule is O=C1COc2ccc(S(=O)(=O)N3CCCC(C(=O)N4CCOCC4)C3)cc2N1. The summed E-state index contributed by atoms with van der Waals surface area (Å²) in [4.78, 5) is 26.1. The predicted octanol–water partition coefficient (Wildman–Crippen LogP) is 0.277. The van der Waals surface area contributed by atoms with Crippen LogP contribution in [0.1, 0.15) is 12.8 Å². The van der Waals surface area contributed by atoms with Gasteiger partial charge in [-0.15, -0.1) is 0 Å². The number of nitrogens with zero attached hydrogens (tertiary/aromatic N) is 2. The van der Waals surface area contributed by atoms with E-state index in [0.717, 1.165) is 0 Å². The van der Waals surface area contributed by atoms with E-state index in [1.807, 2.05) is 0 Å². The van der Waals surface area contributed by atoms with E-state index >= 15 is 0 Å². The Hall–Kier alpha value is -2.17. The molecule has 2 saturated heterocycles. The molecule has 0 aromatic heterocycles. The molecule has 0 saturated carbocycles. The Labute approximate surface area is 163 Å². The summed E-state index contributed by atoms with van der Waals surface area (Å²) in [5.74, 6) is -0.231. The summed E-state index contributed by atoms with van der Waals surface area (Å²) < 4.78 is 38.2. The first-order valence-electron chi connectivity index (χ1n) is 9.38. The molecule has 0 radical (unpaired) electrons. The molecule has 2 fully saturated rings. The first kappa shape index (κ1) is 19.2. The van der Waals surface area contributed by atoms with Crippen molar-refractivity contribution in [2.45, 2.75) is 17.7 Å². The highest BCUT2D eigenvalue weighted by Gasteiger charge is 2.36. The van der Waals surface area contributed by atoms with Gasteiger partial charge in [0.15, 0.2) is 6.61 Å². The number of morpholine rings is 1. The second kappa shape index (κ2) is 7.69. The van der Waals surface area contributed by atoms with Crippen LogP contribution in [0.25, 0.3) is 0 Å². The van der Waals surface area contributed by atoms with E-state index in [1.54, 1.807) is 11.0 Å². The van der Waals surface area contributed by atoms with Gasteiger partial charge in [0.2, 0.25) is 15.9 Å². The van der Waals surface area contributed by atoms with Gasteiger partial charge in [-0.25, -0.2) is 8.42 Å². The monoisotopic (exact) mass is 409 g/mol. The smallest absolute Gasteiger partial charge is 0.262 e. The summed E-state index contributed by atoms with van der Waals surface area (Å²) in [5.41, 5.74) is 0.343. The minimum Gasteiger partial charge on any atom is -0.482 e. The number of anilines is 1. The first-order valence-corrected chi connectivity index (χ1v) is 10.8. The maximum absolute atomic E-state index is 13.1. The summed E-state index contributed by atoms with van der Waals surface area (Å²) in [6.45, 7) is 2.58. The molecule has 0 spiro atoms. The highest BCUT2D eigenvalue weighted by molar-refractivity contribution is 7.89. The van der Waals surface area contributed by atoms with Gasteiger partial charge in [0, 0.05) is 26.2 Å². The van der Waals surface area contributed by atoms with E-state index in [-0.39, 0.29) is 35.8 Å². The molecule has 9 nitrogen and oxygen atoms in total. The second-order valence-corrected chi connectivity index (χ2v) is 9.07. The summed E-state index contributed by atoms with van der Waals surface area (Å²) in [6, 6.07) is 4.43. The zero-order valence-corrected chi connectivity index (χ0v) is 16.2. The predicted molar refractivity (Wildman–Crippen MR) is 99.4 cm³/mol. The van der Waals surface area contributed by atoms with Crippen LogP contribution in [0, 0.1) is 5.92 Å². The first-order chi connectivity index (χ1) is 13.4. The van der Waals surface area contributed by atoms with E-state index in [1.165, 1.54) is 16.4 Å². The normalized spacial score (nSPS) is 23.5. The van der Waals surface area contributed by atoms with Crippen molar-refractivity contribution in [3.63, 3.8) is 0 Å². The van der Waals surface area contributed by atoms with Crippen molar-refractivity contribution in [3.05, 3.63) is 18.2 Å². The highest BCUT2D eigenvalue weighted by Crippen LogP contribution is 2.32. The lowest BCUT2D eigenvalue weighted by Gasteiger charge is -2.35. The number of piperidine rings is 1. The fourth-order valence-electron chi connectivity index (χ4n) is 3.78. The van der Waals surface area contributed by atoms with E-state index in [4.69, 9.17) is 9.47 Å². The van der Waals surface area contributed by atoms with Crippen molar-refractivity contribution in [2.24, 2.45) is 5.92 Å². The van der Waals surface area contributed by atoms with Gasteiger partial charge in [0.05, 0.1) is 29.7 Å². The molecule has 1 unspecified atom stereocenters. The van der Waals surface area contributed by atoms with E-state index in [9.17, 15) is 18.0 Å². The van der Waals surface area contributed by atoms with Gasteiger partial charge in [-0.1, -0.05) is 0 Å². The Morgan fingerprint density at radius 3 is 2.75 bits per heavy atom. The molecule has 3 heterocycles. The Balaban J connectivity index is 1.51. The zero-order valence-electron chi connectivity index (χ0n) is 15.4. The van der Waals surface area contributed by atoms with Crippen LogP contribution in [0.15, 0.2) is 23.1 Å².